The summed E-state index contributed by atoms with van der Waals surface area (Å²) in [4.78, 5) is 10.2. The second kappa shape index (κ2) is 6.10. The molecular weight excluding hydrogens is 167 g/mol. The van der Waals surface area contributed by atoms with Gasteiger partial charge in [0.25, 0.3) is 5.91 Å². The van der Waals surface area contributed by atoms with E-state index in [-0.39, 0.29) is 18.3 Å². The number of amides is 1. The molecule has 0 aliphatic heterocycles. The van der Waals surface area contributed by atoms with Crippen LogP contribution in [0.25, 0.3) is 0 Å². The standard InChI is InChI=1S/C3H7ClN2O2.ClH/c4-1-2(5)3(7)6-8;/h2,8H,1,5H2,(H,6,7);1H. The van der Waals surface area contributed by atoms with Crippen molar-refractivity contribution in [3.8, 4) is 0 Å². The molecule has 1 unspecified atom stereocenters. The summed E-state index contributed by atoms with van der Waals surface area (Å²) in [5, 5.41) is 7.90. The number of nitrogens with two attached hydrogens (primary N) is 1. The highest BCUT2D eigenvalue weighted by molar-refractivity contribution is 6.19. The zero-order chi connectivity index (χ0) is 6.57. The summed E-state index contributed by atoms with van der Waals surface area (Å²) >= 11 is 5.13. The number of hydrogen-bond acceptors (Lipinski definition) is 3. The number of hydrogen-bond donors (Lipinski definition) is 3. The Morgan fingerprint density at radius 2 is 2.33 bits per heavy atom. The Hall–Kier alpha value is -0.0300. The highest BCUT2D eigenvalue weighted by Gasteiger charge is 2.08. The van der Waals surface area contributed by atoms with Crippen molar-refractivity contribution < 1.29 is 10.0 Å². The van der Waals surface area contributed by atoms with Gasteiger partial charge in [-0.1, -0.05) is 0 Å². The molecular formula is C3H8Cl2N2O2. The van der Waals surface area contributed by atoms with Crippen molar-refractivity contribution in [2.75, 3.05) is 5.88 Å². The maximum atomic E-state index is 10.2. The van der Waals surface area contributed by atoms with Crippen LogP contribution in [0.2, 0.25) is 0 Å². The summed E-state index contributed by atoms with van der Waals surface area (Å²) in [6.07, 6.45) is 0. The summed E-state index contributed by atoms with van der Waals surface area (Å²) < 4.78 is 0. The van der Waals surface area contributed by atoms with Crippen LogP contribution >= 0.6 is 24.0 Å². The zero-order valence-electron chi connectivity index (χ0n) is 4.50. The summed E-state index contributed by atoms with van der Waals surface area (Å²) in [6.45, 7) is 0. The first-order valence-electron chi connectivity index (χ1n) is 1.98. The number of halogens is 2. The fourth-order valence-electron chi connectivity index (χ4n) is 0.153. The maximum absolute atomic E-state index is 10.2. The van der Waals surface area contributed by atoms with Crippen molar-refractivity contribution in [3.05, 3.63) is 0 Å². The first-order chi connectivity index (χ1) is 3.72. The molecule has 1 amide bonds. The first-order valence-corrected chi connectivity index (χ1v) is 2.51. The van der Waals surface area contributed by atoms with Crippen LogP contribution in [-0.4, -0.2) is 23.0 Å². The molecule has 1 atom stereocenters. The minimum Gasteiger partial charge on any atom is -0.319 e. The second-order valence-electron chi connectivity index (χ2n) is 1.24. The molecule has 0 bridgehead atoms. The third kappa shape index (κ3) is 4.47. The predicted molar refractivity (Wildman–Crippen MR) is 35.9 cm³/mol. The Morgan fingerprint density at radius 3 is 2.44 bits per heavy atom. The normalized spacial score (nSPS) is 11.4. The van der Waals surface area contributed by atoms with Gasteiger partial charge >= 0.3 is 0 Å². The van der Waals surface area contributed by atoms with Crippen LogP contribution in [0.4, 0.5) is 0 Å². The second-order valence-corrected chi connectivity index (χ2v) is 1.55. The Kier molecular flexibility index (Phi) is 7.94. The Balaban J connectivity index is 0. The van der Waals surface area contributed by atoms with Gasteiger partial charge in [-0.3, -0.25) is 10.0 Å². The van der Waals surface area contributed by atoms with Crippen LogP contribution in [0.1, 0.15) is 0 Å². The predicted octanol–water partition coefficient (Wildman–Crippen LogP) is -0.520. The zero-order valence-corrected chi connectivity index (χ0v) is 6.08. The molecule has 0 aromatic carbocycles. The van der Waals surface area contributed by atoms with E-state index >= 15 is 0 Å². The van der Waals surface area contributed by atoms with Gasteiger partial charge in [0.1, 0.15) is 0 Å². The molecule has 0 aliphatic carbocycles. The van der Waals surface area contributed by atoms with Gasteiger partial charge in [0.15, 0.2) is 0 Å². The van der Waals surface area contributed by atoms with Crippen molar-refractivity contribution in [1.29, 1.82) is 0 Å². The molecule has 0 saturated carbocycles. The summed E-state index contributed by atoms with van der Waals surface area (Å²) in [5.74, 6) is -0.660. The lowest BCUT2D eigenvalue weighted by Gasteiger charge is -2.01. The minimum absolute atomic E-state index is 0. The van der Waals surface area contributed by atoms with Crippen LogP contribution in [0.3, 0.4) is 0 Å². The monoisotopic (exact) mass is 174 g/mol. The smallest absolute Gasteiger partial charge is 0.261 e. The number of carbonyl (C=O) groups excluding carboxylic acids is 1. The fraction of sp³-hybridized carbons (Fsp3) is 0.667. The van der Waals surface area contributed by atoms with Crippen molar-refractivity contribution in [1.82, 2.24) is 5.48 Å². The van der Waals surface area contributed by atoms with E-state index in [0.717, 1.165) is 0 Å². The average Bonchev–Trinajstić information content (AvgIpc) is 1.84. The van der Waals surface area contributed by atoms with Gasteiger partial charge in [-0.05, 0) is 0 Å². The van der Waals surface area contributed by atoms with E-state index in [4.69, 9.17) is 22.5 Å². The molecule has 0 rings (SSSR count). The first kappa shape index (κ1) is 11.7. The van der Waals surface area contributed by atoms with Gasteiger partial charge in [0, 0.05) is 5.88 Å². The van der Waals surface area contributed by atoms with Gasteiger partial charge in [0.05, 0.1) is 6.04 Å². The minimum atomic E-state index is -0.818. The lowest BCUT2D eigenvalue weighted by molar-refractivity contribution is -0.130. The summed E-state index contributed by atoms with van der Waals surface area (Å²) in [7, 11) is 0. The molecule has 6 heteroatoms. The van der Waals surface area contributed by atoms with E-state index in [1.807, 2.05) is 0 Å². The molecule has 0 aromatic heterocycles. The van der Waals surface area contributed by atoms with Crippen molar-refractivity contribution >= 4 is 29.9 Å². The molecule has 0 radical (unpaired) electrons. The number of carbonyl (C=O) groups is 1. The number of alkyl halides is 1. The molecule has 9 heavy (non-hydrogen) atoms. The van der Waals surface area contributed by atoms with Crippen LogP contribution < -0.4 is 11.2 Å². The molecule has 0 fully saturated rings. The lowest BCUT2D eigenvalue weighted by Crippen LogP contribution is -2.40. The molecule has 4 N–H and O–H groups in total. The van der Waals surface area contributed by atoms with Crippen LogP contribution in [0.15, 0.2) is 0 Å². The number of hydroxylamine groups is 1. The Morgan fingerprint density at radius 1 is 1.89 bits per heavy atom. The SMILES string of the molecule is Cl.NC(CCl)C(=O)NO. The van der Waals surface area contributed by atoms with Crippen molar-refractivity contribution in [2.24, 2.45) is 5.73 Å². The molecule has 56 valence electrons. The molecule has 0 aromatic rings. The van der Waals surface area contributed by atoms with E-state index in [2.05, 4.69) is 0 Å². The summed E-state index contributed by atoms with van der Waals surface area (Å²) in [5.41, 5.74) is 6.39. The van der Waals surface area contributed by atoms with E-state index in [1.54, 1.807) is 0 Å². The summed E-state index contributed by atoms with van der Waals surface area (Å²) in [6, 6.07) is -0.818. The topological polar surface area (TPSA) is 75.4 Å². The quantitative estimate of drug-likeness (QED) is 0.300. The third-order valence-corrected chi connectivity index (χ3v) is 0.946. The average molecular weight is 175 g/mol. The Labute approximate surface area is 63.7 Å². The highest BCUT2D eigenvalue weighted by Crippen LogP contribution is 1.81. The van der Waals surface area contributed by atoms with Crippen molar-refractivity contribution in [3.63, 3.8) is 0 Å². The van der Waals surface area contributed by atoms with Gasteiger partial charge in [-0.25, -0.2) is 5.48 Å². The Bertz CT molecular complexity index is 89.9. The number of nitrogens with one attached hydrogen (secondary N) is 1. The van der Waals surface area contributed by atoms with Crippen molar-refractivity contribution in [2.45, 2.75) is 6.04 Å². The van der Waals surface area contributed by atoms with Crippen LogP contribution in [0, 0.1) is 0 Å². The van der Waals surface area contributed by atoms with E-state index in [0.29, 0.717) is 0 Å². The highest BCUT2D eigenvalue weighted by atomic mass is 35.5. The van der Waals surface area contributed by atoms with Gasteiger partial charge in [-0.15, -0.1) is 24.0 Å². The molecule has 0 aliphatic rings. The van der Waals surface area contributed by atoms with Crippen LogP contribution in [0.5, 0.6) is 0 Å². The fourth-order valence-corrected chi connectivity index (χ4v) is 0.293. The molecule has 0 spiro atoms. The molecule has 0 saturated heterocycles. The third-order valence-electron chi connectivity index (χ3n) is 0.613. The van der Waals surface area contributed by atoms with Gasteiger partial charge < -0.3 is 5.73 Å². The van der Waals surface area contributed by atoms with Gasteiger partial charge in [0.2, 0.25) is 0 Å². The maximum Gasteiger partial charge on any atom is 0.261 e. The largest absolute Gasteiger partial charge is 0.319 e. The number of rotatable bonds is 2. The van der Waals surface area contributed by atoms with Crippen LogP contribution in [-0.2, 0) is 4.79 Å². The van der Waals surface area contributed by atoms with E-state index < -0.39 is 11.9 Å². The molecule has 0 heterocycles. The van der Waals surface area contributed by atoms with Gasteiger partial charge in [-0.2, -0.15) is 0 Å². The van der Waals surface area contributed by atoms with E-state index in [1.165, 1.54) is 5.48 Å². The van der Waals surface area contributed by atoms with E-state index in [9.17, 15) is 4.79 Å². The lowest BCUT2D eigenvalue weighted by atomic mass is 10.3. The molecule has 4 nitrogen and oxygen atoms in total.